The second-order valence-corrected chi connectivity index (χ2v) is 7.84. The minimum absolute atomic E-state index is 0.0185. The van der Waals surface area contributed by atoms with Gasteiger partial charge in [-0.05, 0) is 38.2 Å². The van der Waals surface area contributed by atoms with Gasteiger partial charge in [0.1, 0.15) is 17.3 Å². The molecule has 0 unspecified atom stereocenters. The first-order valence-electron chi connectivity index (χ1n) is 9.82. The third-order valence-corrected chi connectivity index (χ3v) is 5.78. The average Bonchev–Trinajstić information content (AvgIpc) is 3.50. The lowest BCUT2D eigenvalue weighted by atomic mass is 9.94. The number of anilines is 1. The molecule has 2 heterocycles. The van der Waals surface area contributed by atoms with Gasteiger partial charge in [-0.3, -0.25) is 4.79 Å². The van der Waals surface area contributed by atoms with E-state index in [4.69, 9.17) is 0 Å². The summed E-state index contributed by atoms with van der Waals surface area (Å²) in [6.45, 7) is 2.54. The van der Waals surface area contributed by atoms with E-state index in [1.807, 2.05) is 35.2 Å². The highest BCUT2D eigenvalue weighted by atomic mass is 19.4. The van der Waals surface area contributed by atoms with Gasteiger partial charge in [-0.25, -0.2) is 9.97 Å². The van der Waals surface area contributed by atoms with Gasteiger partial charge in [0, 0.05) is 25.2 Å². The molecule has 2 fully saturated rings. The average molecular weight is 404 g/mol. The Balaban J connectivity index is 1.38. The van der Waals surface area contributed by atoms with Gasteiger partial charge in [0.2, 0.25) is 5.91 Å². The number of nitrogens with zero attached hydrogens (tertiary/aromatic N) is 3. The Kier molecular flexibility index (Phi) is 4.96. The van der Waals surface area contributed by atoms with Crippen LogP contribution in [0.4, 0.5) is 19.0 Å². The molecule has 1 aromatic carbocycles. The van der Waals surface area contributed by atoms with Crippen molar-refractivity contribution in [1.29, 1.82) is 0 Å². The van der Waals surface area contributed by atoms with Crippen molar-refractivity contribution in [2.24, 2.45) is 0 Å². The molecule has 1 saturated heterocycles. The minimum atomic E-state index is -4.50. The molecule has 154 valence electrons. The number of amides is 1. The van der Waals surface area contributed by atoms with Crippen molar-refractivity contribution in [2.45, 2.75) is 50.2 Å². The minimum Gasteiger partial charge on any atom is -0.356 e. The lowest BCUT2D eigenvalue weighted by Crippen LogP contribution is -2.48. The predicted molar refractivity (Wildman–Crippen MR) is 103 cm³/mol. The number of aromatic nitrogens is 2. The normalized spacial score (nSPS) is 19.1. The lowest BCUT2D eigenvalue weighted by molar-refractivity contribution is -0.141. The van der Waals surface area contributed by atoms with E-state index in [2.05, 4.69) is 15.3 Å². The quantitative estimate of drug-likeness (QED) is 0.846. The number of hydrogen-bond acceptors (Lipinski definition) is 4. The molecule has 29 heavy (non-hydrogen) atoms. The first-order chi connectivity index (χ1) is 13.8. The third-order valence-electron chi connectivity index (χ3n) is 5.78. The summed E-state index contributed by atoms with van der Waals surface area (Å²) in [5.74, 6) is 0.445. The topological polar surface area (TPSA) is 58.1 Å². The molecule has 1 aliphatic heterocycles. The van der Waals surface area contributed by atoms with Crippen molar-refractivity contribution in [3.05, 3.63) is 53.5 Å². The lowest BCUT2D eigenvalue weighted by Gasteiger charge is -2.34. The third kappa shape index (κ3) is 4.06. The molecule has 1 aromatic heterocycles. The molecule has 1 amide bonds. The van der Waals surface area contributed by atoms with Gasteiger partial charge >= 0.3 is 6.18 Å². The number of aryl methyl sites for hydroxylation is 1. The molecule has 0 bridgehead atoms. The van der Waals surface area contributed by atoms with Crippen LogP contribution < -0.4 is 10.2 Å². The van der Waals surface area contributed by atoms with Gasteiger partial charge in [-0.15, -0.1) is 0 Å². The van der Waals surface area contributed by atoms with Gasteiger partial charge in [0.25, 0.3) is 0 Å². The van der Waals surface area contributed by atoms with Gasteiger partial charge in [-0.2, -0.15) is 13.2 Å². The molecule has 0 radical (unpaired) electrons. The maximum atomic E-state index is 13.0. The zero-order valence-electron chi connectivity index (χ0n) is 16.2. The van der Waals surface area contributed by atoms with Gasteiger partial charge in [-0.1, -0.05) is 30.3 Å². The van der Waals surface area contributed by atoms with Gasteiger partial charge in [0.05, 0.1) is 5.41 Å². The molecular formula is C21H23F3N4O. The van der Waals surface area contributed by atoms with Crippen LogP contribution in [-0.4, -0.2) is 35.0 Å². The summed E-state index contributed by atoms with van der Waals surface area (Å²) in [6.07, 6.45) is -1.46. The zero-order valence-corrected chi connectivity index (χ0v) is 16.2. The Morgan fingerprint density at radius 2 is 1.79 bits per heavy atom. The molecule has 0 atom stereocenters. The standard InChI is InChI=1S/C21H23F3N4O/c1-14-25-17(21(22,23)24)13-18(26-14)28-11-7-16(8-12-28)27-19(29)20(9-10-20)15-5-3-2-4-6-15/h2-6,13,16H,7-12H2,1H3,(H,27,29). The molecular weight excluding hydrogens is 381 g/mol. The number of halogens is 3. The summed E-state index contributed by atoms with van der Waals surface area (Å²) in [7, 11) is 0. The summed E-state index contributed by atoms with van der Waals surface area (Å²) < 4.78 is 39.1. The second kappa shape index (κ2) is 7.31. The van der Waals surface area contributed by atoms with E-state index in [0.29, 0.717) is 25.9 Å². The van der Waals surface area contributed by atoms with Crippen molar-refractivity contribution < 1.29 is 18.0 Å². The van der Waals surface area contributed by atoms with E-state index in [1.165, 1.54) is 6.92 Å². The number of carbonyl (C=O) groups is 1. The van der Waals surface area contributed by atoms with Crippen LogP contribution in [0.1, 0.15) is 42.8 Å². The van der Waals surface area contributed by atoms with E-state index >= 15 is 0 Å². The Morgan fingerprint density at radius 1 is 1.14 bits per heavy atom. The number of piperidine rings is 1. The Hall–Kier alpha value is -2.64. The fourth-order valence-corrected chi connectivity index (χ4v) is 3.96. The van der Waals surface area contributed by atoms with Crippen molar-refractivity contribution in [3.8, 4) is 0 Å². The smallest absolute Gasteiger partial charge is 0.356 e. The van der Waals surface area contributed by atoms with E-state index < -0.39 is 17.3 Å². The van der Waals surface area contributed by atoms with Crippen LogP contribution in [0.2, 0.25) is 0 Å². The maximum absolute atomic E-state index is 13.0. The van der Waals surface area contributed by atoms with Gasteiger partial charge < -0.3 is 10.2 Å². The van der Waals surface area contributed by atoms with Crippen molar-refractivity contribution in [2.75, 3.05) is 18.0 Å². The Bertz CT molecular complexity index is 889. The fourth-order valence-electron chi connectivity index (χ4n) is 3.96. The van der Waals surface area contributed by atoms with E-state index in [9.17, 15) is 18.0 Å². The molecule has 0 spiro atoms. The molecule has 2 aliphatic rings. The van der Waals surface area contributed by atoms with E-state index in [-0.39, 0.29) is 23.6 Å². The summed E-state index contributed by atoms with van der Waals surface area (Å²) in [5.41, 5.74) is -0.288. The van der Waals surface area contributed by atoms with Crippen LogP contribution in [0, 0.1) is 6.92 Å². The summed E-state index contributed by atoms with van der Waals surface area (Å²) in [6, 6.07) is 10.8. The number of alkyl halides is 3. The summed E-state index contributed by atoms with van der Waals surface area (Å²) in [5, 5.41) is 3.16. The second-order valence-electron chi connectivity index (χ2n) is 7.84. The molecule has 8 heteroatoms. The van der Waals surface area contributed by atoms with Crippen molar-refractivity contribution in [1.82, 2.24) is 15.3 Å². The molecule has 1 N–H and O–H groups in total. The van der Waals surface area contributed by atoms with Gasteiger partial charge in [0.15, 0.2) is 0 Å². The fraction of sp³-hybridized carbons (Fsp3) is 0.476. The molecule has 1 aliphatic carbocycles. The van der Waals surface area contributed by atoms with E-state index in [0.717, 1.165) is 24.5 Å². The summed E-state index contributed by atoms with van der Waals surface area (Å²) in [4.78, 5) is 22.4. The van der Waals surface area contributed by atoms with Crippen LogP contribution in [-0.2, 0) is 16.4 Å². The number of benzene rings is 1. The first-order valence-corrected chi connectivity index (χ1v) is 9.82. The Morgan fingerprint density at radius 3 is 2.38 bits per heavy atom. The highest BCUT2D eigenvalue weighted by molar-refractivity contribution is 5.91. The molecule has 4 rings (SSSR count). The van der Waals surface area contributed by atoms with Crippen LogP contribution >= 0.6 is 0 Å². The van der Waals surface area contributed by atoms with Crippen molar-refractivity contribution >= 4 is 11.7 Å². The highest BCUT2D eigenvalue weighted by Crippen LogP contribution is 2.48. The van der Waals surface area contributed by atoms with Crippen molar-refractivity contribution in [3.63, 3.8) is 0 Å². The monoisotopic (exact) mass is 404 g/mol. The number of hydrogen-bond donors (Lipinski definition) is 1. The van der Waals surface area contributed by atoms with Crippen LogP contribution in [0.5, 0.6) is 0 Å². The maximum Gasteiger partial charge on any atom is 0.433 e. The van der Waals surface area contributed by atoms with Crippen LogP contribution in [0.15, 0.2) is 36.4 Å². The van der Waals surface area contributed by atoms with Crippen LogP contribution in [0.25, 0.3) is 0 Å². The summed E-state index contributed by atoms with van der Waals surface area (Å²) >= 11 is 0. The first kappa shape index (κ1) is 19.7. The van der Waals surface area contributed by atoms with Crippen LogP contribution in [0.3, 0.4) is 0 Å². The highest BCUT2D eigenvalue weighted by Gasteiger charge is 2.51. The number of rotatable bonds is 4. The number of nitrogens with one attached hydrogen (secondary N) is 1. The molecule has 2 aromatic rings. The molecule has 5 nitrogen and oxygen atoms in total. The molecule has 1 saturated carbocycles. The van der Waals surface area contributed by atoms with E-state index in [1.54, 1.807) is 0 Å². The Labute approximate surface area is 167 Å². The SMILES string of the molecule is Cc1nc(N2CCC(NC(=O)C3(c4ccccc4)CC3)CC2)cc(C(F)(F)F)n1. The predicted octanol–water partition coefficient (Wildman–Crippen LogP) is 3.62. The zero-order chi connectivity index (χ0) is 20.6. The number of carbonyl (C=O) groups excluding carboxylic acids is 1. The largest absolute Gasteiger partial charge is 0.433 e.